The van der Waals surface area contributed by atoms with E-state index >= 15 is 0 Å². The predicted molar refractivity (Wildman–Crippen MR) is 79.9 cm³/mol. The number of benzene rings is 1. The molecule has 7 nitrogen and oxygen atoms in total. The van der Waals surface area contributed by atoms with Gasteiger partial charge in [-0.2, -0.15) is 0 Å². The Kier molecular flexibility index (Phi) is 5.24. The number of imidazole rings is 1. The molecule has 0 saturated heterocycles. The van der Waals surface area contributed by atoms with E-state index in [2.05, 4.69) is 4.98 Å². The SMILES string of the molecule is COCCOCCn1c(N)nc2cc(OC)c(OC)cc21. The summed E-state index contributed by atoms with van der Waals surface area (Å²) >= 11 is 0. The molecule has 1 heterocycles. The number of aromatic nitrogens is 2. The van der Waals surface area contributed by atoms with Crippen molar-refractivity contribution in [1.82, 2.24) is 9.55 Å². The predicted octanol–water partition coefficient (Wildman–Crippen LogP) is 1.30. The zero-order valence-corrected chi connectivity index (χ0v) is 12.6. The van der Waals surface area contributed by atoms with E-state index in [9.17, 15) is 0 Å². The highest BCUT2D eigenvalue weighted by atomic mass is 16.5. The van der Waals surface area contributed by atoms with E-state index in [0.29, 0.717) is 43.8 Å². The van der Waals surface area contributed by atoms with Crippen molar-refractivity contribution in [3.63, 3.8) is 0 Å². The average Bonchev–Trinajstić information content (AvgIpc) is 2.80. The van der Waals surface area contributed by atoms with Crippen LogP contribution in [0, 0.1) is 0 Å². The van der Waals surface area contributed by atoms with Crippen LogP contribution in [-0.2, 0) is 16.0 Å². The molecule has 0 bridgehead atoms. The van der Waals surface area contributed by atoms with Crippen LogP contribution in [0.5, 0.6) is 11.5 Å². The van der Waals surface area contributed by atoms with Gasteiger partial charge in [-0.15, -0.1) is 0 Å². The zero-order valence-electron chi connectivity index (χ0n) is 12.6. The monoisotopic (exact) mass is 295 g/mol. The van der Waals surface area contributed by atoms with Gasteiger partial charge < -0.3 is 29.2 Å². The maximum Gasteiger partial charge on any atom is 0.201 e. The van der Waals surface area contributed by atoms with E-state index in [-0.39, 0.29) is 0 Å². The molecule has 0 fully saturated rings. The van der Waals surface area contributed by atoms with Gasteiger partial charge in [0.15, 0.2) is 11.5 Å². The summed E-state index contributed by atoms with van der Waals surface area (Å²) in [5.74, 6) is 1.72. The van der Waals surface area contributed by atoms with Crippen molar-refractivity contribution in [1.29, 1.82) is 0 Å². The maximum absolute atomic E-state index is 5.97. The largest absolute Gasteiger partial charge is 0.493 e. The van der Waals surface area contributed by atoms with E-state index in [1.807, 2.05) is 16.7 Å². The molecule has 1 aromatic heterocycles. The molecule has 2 rings (SSSR count). The van der Waals surface area contributed by atoms with E-state index in [1.165, 1.54) is 0 Å². The van der Waals surface area contributed by atoms with Crippen molar-refractivity contribution in [2.45, 2.75) is 6.54 Å². The third kappa shape index (κ3) is 3.37. The van der Waals surface area contributed by atoms with Gasteiger partial charge in [-0.3, -0.25) is 0 Å². The molecule has 0 aliphatic carbocycles. The Labute approximate surface area is 123 Å². The molecule has 0 atom stereocenters. The first-order valence-corrected chi connectivity index (χ1v) is 6.65. The quantitative estimate of drug-likeness (QED) is 0.739. The van der Waals surface area contributed by atoms with E-state index < -0.39 is 0 Å². The molecule has 0 aliphatic heterocycles. The highest BCUT2D eigenvalue weighted by Crippen LogP contribution is 2.32. The lowest BCUT2D eigenvalue weighted by Gasteiger charge is -2.10. The Morgan fingerprint density at radius 3 is 2.43 bits per heavy atom. The number of hydrogen-bond acceptors (Lipinski definition) is 6. The second-order valence-corrected chi connectivity index (χ2v) is 4.42. The molecule has 1 aromatic carbocycles. The number of nitrogen functional groups attached to an aromatic ring is 1. The molecule has 0 aliphatic rings. The molecule has 21 heavy (non-hydrogen) atoms. The van der Waals surface area contributed by atoms with Crippen LogP contribution in [0.25, 0.3) is 11.0 Å². The standard InChI is InChI=1S/C14H21N3O4/c1-18-6-7-21-5-4-17-11-9-13(20-3)12(19-2)8-10(11)16-14(17)15/h8-9H,4-7H2,1-3H3,(H2,15,16). The molecule has 116 valence electrons. The van der Waals surface area contributed by atoms with Gasteiger partial charge in [0.1, 0.15) is 0 Å². The van der Waals surface area contributed by atoms with E-state index in [4.69, 9.17) is 24.7 Å². The first-order valence-electron chi connectivity index (χ1n) is 6.65. The van der Waals surface area contributed by atoms with Gasteiger partial charge in [-0.25, -0.2) is 4.98 Å². The summed E-state index contributed by atoms with van der Waals surface area (Å²) in [6.45, 7) is 2.28. The Hall–Kier alpha value is -1.99. The highest BCUT2D eigenvalue weighted by molar-refractivity contribution is 5.82. The average molecular weight is 295 g/mol. The first kappa shape index (κ1) is 15.4. The number of anilines is 1. The van der Waals surface area contributed by atoms with Crippen LogP contribution in [0.1, 0.15) is 0 Å². The number of ether oxygens (including phenoxy) is 4. The van der Waals surface area contributed by atoms with E-state index in [1.54, 1.807) is 21.3 Å². The molecule has 0 saturated carbocycles. The Morgan fingerprint density at radius 2 is 1.76 bits per heavy atom. The molecular formula is C14H21N3O4. The van der Waals surface area contributed by atoms with Gasteiger partial charge >= 0.3 is 0 Å². The first-order chi connectivity index (χ1) is 10.2. The van der Waals surface area contributed by atoms with Crippen LogP contribution in [0.4, 0.5) is 5.95 Å². The summed E-state index contributed by atoms with van der Waals surface area (Å²) in [6.07, 6.45) is 0. The number of fused-ring (bicyclic) bond motifs is 1. The minimum Gasteiger partial charge on any atom is -0.493 e. The second kappa shape index (κ2) is 7.14. The number of rotatable bonds is 8. The lowest BCUT2D eigenvalue weighted by molar-refractivity contribution is 0.0671. The number of hydrogen-bond donors (Lipinski definition) is 1. The molecule has 0 spiro atoms. The topological polar surface area (TPSA) is 80.8 Å². The fourth-order valence-corrected chi connectivity index (χ4v) is 2.11. The van der Waals surface area contributed by atoms with Gasteiger partial charge in [-0.05, 0) is 0 Å². The lowest BCUT2D eigenvalue weighted by atomic mass is 10.2. The van der Waals surface area contributed by atoms with E-state index in [0.717, 1.165) is 11.0 Å². The summed E-state index contributed by atoms with van der Waals surface area (Å²) in [5, 5.41) is 0. The van der Waals surface area contributed by atoms with Crippen molar-refractivity contribution in [3.05, 3.63) is 12.1 Å². The maximum atomic E-state index is 5.97. The molecular weight excluding hydrogens is 274 g/mol. The number of nitrogens with zero attached hydrogens (tertiary/aromatic N) is 2. The second-order valence-electron chi connectivity index (χ2n) is 4.42. The number of methoxy groups -OCH3 is 3. The van der Waals surface area contributed by atoms with Crippen LogP contribution in [0.2, 0.25) is 0 Å². The third-order valence-electron chi connectivity index (χ3n) is 3.17. The molecule has 0 radical (unpaired) electrons. The molecule has 0 amide bonds. The van der Waals surface area contributed by atoms with Crippen molar-refractivity contribution in [3.8, 4) is 11.5 Å². The van der Waals surface area contributed by atoms with Crippen LogP contribution < -0.4 is 15.2 Å². The lowest BCUT2D eigenvalue weighted by Crippen LogP contribution is -2.11. The van der Waals surface area contributed by atoms with Gasteiger partial charge in [0, 0.05) is 25.8 Å². The molecule has 0 unspecified atom stereocenters. The minimum absolute atomic E-state index is 0.440. The molecule has 2 aromatic rings. The fourth-order valence-electron chi connectivity index (χ4n) is 2.11. The van der Waals surface area contributed by atoms with Crippen molar-refractivity contribution < 1.29 is 18.9 Å². The van der Waals surface area contributed by atoms with Gasteiger partial charge in [0.05, 0.1) is 45.1 Å². The number of nitrogens with two attached hydrogens (primary N) is 1. The van der Waals surface area contributed by atoms with Crippen molar-refractivity contribution in [2.75, 3.05) is 46.9 Å². The van der Waals surface area contributed by atoms with Crippen molar-refractivity contribution in [2.24, 2.45) is 0 Å². The highest BCUT2D eigenvalue weighted by Gasteiger charge is 2.13. The van der Waals surface area contributed by atoms with Crippen molar-refractivity contribution >= 4 is 17.0 Å². The van der Waals surface area contributed by atoms with Crippen LogP contribution >= 0.6 is 0 Å². The zero-order chi connectivity index (χ0) is 15.2. The minimum atomic E-state index is 0.440. The smallest absolute Gasteiger partial charge is 0.201 e. The fraction of sp³-hybridized carbons (Fsp3) is 0.500. The third-order valence-corrected chi connectivity index (χ3v) is 3.17. The molecule has 7 heteroatoms. The van der Waals surface area contributed by atoms with Gasteiger partial charge in [0.2, 0.25) is 5.95 Å². The van der Waals surface area contributed by atoms with Gasteiger partial charge in [-0.1, -0.05) is 0 Å². The van der Waals surface area contributed by atoms with Crippen LogP contribution in [-0.4, -0.2) is 50.7 Å². The summed E-state index contributed by atoms with van der Waals surface area (Å²) < 4.78 is 22.9. The Bertz CT molecular complexity index is 597. The van der Waals surface area contributed by atoms with Gasteiger partial charge in [0.25, 0.3) is 0 Å². The Balaban J connectivity index is 2.20. The summed E-state index contributed by atoms with van der Waals surface area (Å²) in [6, 6.07) is 3.68. The van der Waals surface area contributed by atoms with Crippen LogP contribution in [0.15, 0.2) is 12.1 Å². The summed E-state index contributed by atoms with van der Waals surface area (Å²) in [5.41, 5.74) is 7.62. The molecule has 2 N–H and O–H groups in total. The van der Waals surface area contributed by atoms with Crippen LogP contribution in [0.3, 0.4) is 0 Å². The Morgan fingerprint density at radius 1 is 1.05 bits per heavy atom. The normalized spacial score (nSPS) is 11.0. The summed E-state index contributed by atoms with van der Waals surface area (Å²) in [7, 11) is 4.83. The summed E-state index contributed by atoms with van der Waals surface area (Å²) in [4.78, 5) is 4.34.